The van der Waals surface area contributed by atoms with Crippen LogP contribution >= 0.6 is 11.6 Å². The first kappa shape index (κ1) is 15.0. The minimum Gasteiger partial charge on any atom is -0.352 e. The van der Waals surface area contributed by atoms with E-state index in [1.807, 2.05) is 0 Å². The molecule has 1 unspecified atom stereocenters. The summed E-state index contributed by atoms with van der Waals surface area (Å²) < 4.78 is 0. The molecule has 0 aliphatic carbocycles. The van der Waals surface area contributed by atoms with Crippen LogP contribution in [0.2, 0.25) is 5.02 Å². The number of nitrogens with one attached hydrogen (secondary N) is 1. The molecule has 0 fully saturated rings. The molecule has 0 saturated heterocycles. The molecular weight excluding hydrogens is 246 g/mol. The summed E-state index contributed by atoms with van der Waals surface area (Å²) in [5.41, 5.74) is 0.671. The highest BCUT2D eigenvalue weighted by atomic mass is 35.5. The highest BCUT2D eigenvalue weighted by Crippen LogP contribution is 2.12. The smallest absolute Gasteiger partial charge is 0.251 e. The number of hydrogen-bond acceptors (Lipinski definition) is 1. The molecule has 0 heterocycles. The molecule has 1 amide bonds. The number of benzene rings is 1. The van der Waals surface area contributed by atoms with Crippen LogP contribution in [0.5, 0.6) is 0 Å². The summed E-state index contributed by atoms with van der Waals surface area (Å²) in [7, 11) is 0. The third-order valence-corrected chi connectivity index (χ3v) is 3.45. The quantitative estimate of drug-likeness (QED) is 0.785. The van der Waals surface area contributed by atoms with Gasteiger partial charge in [-0.2, -0.15) is 0 Å². The third kappa shape index (κ3) is 5.09. The average Bonchev–Trinajstić information content (AvgIpc) is 2.39. The Hall–Kier alpha value is -1.02. The maximum atomic E-state index is 11.9. The third-order valence-electron chi connectivity index (χ3n) is 3.20. The van der Waals surface area contributed by atoms with Gasteiger partial charge in [-0.25, -0.2) is 0 Å². The second kappa shape index (κ2) is 8.15. The molecule has 0 aliphatic rings. The molecule has 100 valence electrons. The molecule has 0 aliphatic heterocycles. The van der Waals surface area contributed by atoms with Gasteiger partial charge in [0.1, 0.15) is 0 Å². The van der Waals surface area contributed by atoms with Crippen molar-refractivity contribution in [2.75, 3.05) is 6.54 Å². The minimum atomic E-state index is -0.0124. The largest absolute Gasteiger partial charge is 0.352 e. The highest BCUT2D eigenvalue weighted by Gasteiger charge is 2.09. The second-order valence-electron chi connectivity index (χ2n) is 4.63. The lowest BCUT2D eigenvalue weighted by atomic mass is 9.99. The molecule has 0 saturated carbocycles. The van der Waals surface area contributed by atoms with Gasteiger partial charge in [0.15, 0.2) is 0 Å². The number of halogens is 1. The molecule has 0 bridgehead atoms. The SMILES string of the molecule is CCCCC(CC)CNC(=O)c1ccc(Cl)cc1. The van der Waals surface area contributed by atoms with Gasteiger partial charge >= 0.3 is 0 Å². The first-order chi connectivity index (χ1) is 8.67. The van der Waals surface area contributed by atoms with E-state index in [9.17, 15) is 4.79 Å². The summed E-state index contributed by atoms with van der Waals surface area (Å²) in [6.45, 7) is 5.13. The molecule has 1 aromatic carbocycles. The van der Waals surface area contributed by atoms with Crippen molar-refractivity contribution in [1.29, 1.82) is 0 Å². The fraction of sp³-hybridized carbons (Fsp3) is 0.533. The second-order valence-corrected chi connectivity index (χ2v) is 5.07. The zero-order valence-electron chi connectivity index (χ0n) is 11.2. The predicted octanol–water partition coefficient (Wildman–Crippen LogP) is 4.29. The molecule has 0 radical (unpaired) electrons. The van der Waals surface area contributed by atoms with Crippen molar-refractivity contribution in [3.8, 4) is 0 Å². The summed E-state index contributed by atoms with van der Waals surface area (Å²) in [5.74, 6) is 0.572. The summed E-state index contributed by atoms with van der Waals surface area (Å²) in [6.07, 6.45) is 4.74. The van der Waals surface area contributed by atoms with Crippen LogP contribution in [0.1, 0.15) is 49.9 Å². The zero-order chi connectivity index (χ0) is 13.4. The van der Waals surface area contributed by atoms with Gasteiger partial charge in [-0.3, -0.25) is 4.79 Å². The van der Waals surface area contributed by atoms with E-state index in [0.717, 1.165) is 13.0 Å². The highest BCUT2D eigenvalue weighted by molar-refractivity contribution is 6.30. The van der Waals surface area contributed by atoms with Gasteiger partial charge in [-0.1, -0.05) is 44.7 Å². The monoisotopic (exact) mass is 267 g/mol. The van der Waals surface area contributed by atoms with Crippen molar-refractivity contribution in [3.05, 3.63) is 34.9 Å². The van der Waals surface area contributed by atoms with Gasteiger partial charge in [-0.05, 0) is 36.6 Å². The van der Waals surface area contributed by atoms with E-state index in [4.69, 9.17) is 11.6 Å². The van der Waals surface area contributed by atoms with Crippen LogP contribution in [0.15, 0.2) is 24.3 Å². The van der Waals surface area contributed by atoms with E-state index in [1.54, 1.807) is 24.3 Å². The minimum absolute atomic E-state index is 0.0124. The van der Waals surface area contributed by atoms with Crippen LogP contribution in [0.3, 0.4) is 0 Å². The zero-order valence-corrected chi connectivity index (χ0v) is 12.0. The van der Waals surface area contributed by atoms with Gasteiger partial charge in [0, 0.05) is 17.1 Å². The van der Waals surface area contributed by atoms with Crippen LogP contribution < -0.4 is 5.32 Å². The number of carbonyl (C=O) groups excluding carboxylic acids is 1. The molecular formula is C15H22ClNO. The Morgan fingerprint density at radius 2 is 1.94 bits per heavy atom. The number of carbonyl (C=O) groups is 1. The van der Waals surface area contributed by atoms with E-state index in [0.29, 0.717) is 16.5 Å². The lowest BCUT2D eigenvalue weighted by molar-refractivity contribution is 0.0946. The summed E-state index contributed by atoms with van der Waals surface area (Å²) in [6, 6.07) is 6.99. The fourth-order valence-corrected chi connectivity index (χ4v) is 2.01. The normalized spacial score (nSPS) is 12.2. The van der Waals surface area contributed by atoms with Crippen LogP contribution in [-0.2, 0) is 0 Å². The summed E-state index contributed by atoms with van der Waals surface area (Å²) >= 11 is 5.79. The van der Waals surface area contributed by atoms with Gasteiger partial charge < -0.3 is 5.32 Å². The molecule has 0 aromatic heterocycles. The van der Waals surface area contributed by atoms with Crippen molar-refractivity contribution >= 4 is 17.5 Å². The van der Waals surface area contributed by atoms with E-state index in [-0.39, 0.29) is 5.91 Å². The molecule has 1 N–H and O–H groups in total. The van der Waals surface area contributed by atoms with Crippen LogP contribution in [0.25, 0.3) is 0 Å². The first-order valence-corrected chi connectivity index (χ1v) is 7.08. The number of amides is 1. The lowest BCUT2D eigenvalue weighted by Gasteiger charge is -2.15. The Balaban J connectivity index is 2.42. The molecule has 1 aromatic rings. The standard InChI is InChI=1S/C15H22ClNO/c1-3-5-6-12(4-2)11-17-15(18)13-7-9-14(16)10-8-13/h7-10,12H,3-6,11H2,1-2H3,(H,17,18). The topological polar surface area (TPSA) is 29.1 Å². The molecule has 18 heavy (non-hydrogen) atoms. The van der Waals surface area contributed by atoms with Crippen molar-refractivity contribution in [1.82, 2.24) is 5.32 Å². The summed E-state index contributed by atoms with van der Waals surface area (Å²) in [5, 5.41) is 3.65. The van der Waals surface area contributed by atoms with Crippen LogP contribution in [-0.4, -0.2) is 12.5 Å². The van der Waals surface area contributed by atoms with E-state index < -0.39 is 0 Å². The number of hydrogen-bond donors (Lipinski definition) is 1. The average molecular weight is 268 g/mol. The summed E-state index contributed by atoms with van der Waals surface area (Å²) in [4.78, 5) is 11.9. The fourth-order valence-electron chi connectivity index (χ4n) is 1.88. The molecule has 2 nitrogen and oxygen atoms in total. The van der Waals surface area contributed by atoms with Gasteiger partial charge in [0.25, 0.3) is 5.91 Å². The first-order valence-electron chi connectivity index (χ1n) is 6.71. The molecule has 3 heteroatoms. The van der Waals surface area contributed by atoms with Gasteiger partial charge in [-0.15, -0.1) is 0 Å². The lowest BCUT2D eigenvalue weighted by Crippen LogP contribution is -2.29. The van der Waals surface area contributed by atoms with E-state index in [1.165, 1.54) is 19.3 Å². The maximum Gasteiger partial charge on any atom is 0.251 e. The van der Waals surface area contributed by atoms with Crippen LogP contribution in [0.4, 0.5) is 0 Å². The maximum absolute atomic E-state index is 11.9. The molecule has 1 rings (SSSR count). The van der Waals surface area contributed by atoms with E-state index in [2.05, 4.69) is 19.2 Å². The van der Waals surface area contributed by atoms with Crippen molar-refractivity contribution in [3.63, 3.8) is 0 Å². The van der Waals surface area contributed by atoms with E-state index >= 15 is 0 Å². The Kier molecular flexibility index (Phi) is 6.81. The van der Waals surface area contributed by atoms with Crippen molar-refractivity contribution < 1.29 is 4.79 Å². The van der Waals surface area contributed by atoms with Gasteiger partial charge in [0.05, 0.1) is 0 Å². The van der Waals surface area contributed by atoms with Crippen molar-refractivity contribution in [2.24, 2.45) is 5.92 Å². The van der Waals surface area contributed by atoms with Crippen molar-refractivity contribution in [2.45, 2.75) is 39.5 Å². The van der Waals surface area contributed by atoms with Crippen LogP contribution in [0, 0.1) is 5.92 Å². The Morgan fingerprint density at radius 1 is 1.28 bits per heavy atom. The Bertz CT molecular complexity index is 361. The van der Waals surface area contributed by atoms with Gasteiger partial charge in [0.2, 0.25) is 0 Å². The predicted molar refractivity (Wildman–Crippen MR) is 77.1 cm³/mol. The Labute approximate surface area is 115 Å². The number of unbranched alkanes of at least 4 members (excludes halogenated alkanes) is 1. The molecule has 0 spiro atoms. The molecule has 1 atom stereocenters. The number of rotatable bonds is 7. The Morgan fingerprint density at radius 3 is 2.50 bits per heavy atom.